The van der Waals surface area contributed by atoms with Crippen molar-refractivity contribution in [1.29, 1.82) is 0 Å². The van der Waals surface area contributed by atoms with Gasteiger partial charge in [0.1, 0.15) is 5.82 Å². The molecular formula is C24H27FN4O2. The first-order valence-corrected chi connectivity index (χ1v) is 10.7. The average Bonchev–Trinajstić information content (AvgIpc) is 3.39. The first-order valence-electron chi connectivity index (χ1n) is 10.7. The van der Waals surface area contributed by atoms with Gasteiger partial charge in [0.15, 0.2) is 0 Å². The Morgan fingerprint density at radius 3 is 2.65 bits per heavy atom. The van der Waals surface area contributed by atoms with E-state index in [4.69, 9.17) is 0 Å². The summed E-state index contributed by atoms with van der Waals surface area (Å²) in [5.41, 5.74) is 2.61. The van der Waals surface area contributed by atoms with Gasteiger partial charge in [-0.25, -0.2) is 4.39 Å². The number of benzene rings is 2. The van der Waals surface area contributed by atoms with Gasteiger partial charge < -0.3 is 10.2 Å². The highest BCUT2D eigenvalue weighted by Crippen LogP contribution is 2.32. The third kappa shape index (κ3) is 4.04. The third-order valence-corrected chi connectivity index (χ3v) is 6.26. The highest BCUT2D eigenvalue weighted by atomic mass is 19.1. The fourth-order valence-electron chi connectivity index (χ4n) is 4.41. The highest BCUT2D eigenvalue weighted by Gasteiger charge is 2.31. The lowest BCUT2D eigenvalue weighted by atomic mass is 9.99. The molecule has 1 aliphatic rings. The van der Waals surface area contributed by atoms with E-state index < -0.39 is 0 Å². The Kier molecular flexibility index (Phi) is 5.76. The molecule has 162 valence electrons. The lowest BCUT2D eigenvalue weighted by Gasteiger charge is -2.25. The highest BCUT2D eigenvalue weighted by molar-refractivity contribution is 5.97. The molecule has 1 N–H and O–H groups in total. The minimum atomic E-state index is -0.317. The summed E-state index contributed by atoms with van der Waals surface area (Å²) in [5.74, 6) is -0.340. The molecule has 0 unspecified atom stereocenters. The minimum absolute atomic E-state index is 0.0473. The van der Waals surface area contributed by atoms with Crippen molar-refractivity contribution in [3.63, 3.8) is 0 Å². The number of nitrogens with zero attached hydrogens (tertiary/aromatic N) is 3. The molecule has 1 aromatic heterocycles. The topological polar surface area (TPSA) is 67.2 Å². The van der Waals surface area contributed by atoms with Crippen molar-refractivity contribution in [1.82, 2.24) is 20.0 Å². The number of carbonyl (C=O) groups excluding carboxylic acids is 2. The van der Waals surface area contributed by atoms with E-state index >= 15 is 0 Å². The van der Waals surface area contributed by atoms with Gasteiger partial charge in [0.25, 0.3) is 5.91 Å². The summed E-state index contributed by atoms with van der Waals surface area (Å²) in [6.45, 7) is 1.84. The Morgan fingerprint density at radius 2 is 1.94 bits per heavy atom. The van der Waals surface area contributed by atoms with Crippen LogP contribution in [-0.2, 0) is 11.8 Å². The first-order chi connectivity index (χ1) is 14.9. The molecule has 7 heteroatoms. The number of fused-ring (bicyclic) bond motifs is 1. The third-order valence-electron chi connectivity index (χ3n) is 6.26. The van der Waals surface area contributed by atoms with E-state index in [2.05, 4.69) is 10.4 Å². The van der Waals surface area contributed by atoms with Crippen molar-refractivity contribution >= 4 is 22.7 Å². The van der Waals surface area contributed by atoms with E-state index in [1.165, 1.54) is 6.07 Å². The summed E-state index contributed by atoms with van der Waals surface area (Å²) in [4.78, 5) is 26.4. The molecule has 1 aliphatic carbocycles. The summed E-state index contributed by atoms with van der Waals surface area (Å²) >= 11 is 0. The smallest absolute Gasteiger partial charge is 0.253 e. The standard InChI is InChI=1S/C24H27FN4O2/c1-4-22(30)27-17-9-10-18(13-17)28(2)24(31)16-7-5-15(6-8-16)23-19-14-26-29(3)21(19)12-11-20(23)25/h5-8,11-12,14,17-18H,4,9-10,13H2,1-3H3,(H,27,30)/t17-,18+/m0/s1. The van der Waals surface area contributed by atoms with Crippen LogP contribution < -0.4 is 5.32 Å². The molecule has 4 rings (SSSR count). The van der Waals surface area contributed by atoms with Gasteiger partial charge in [-0.3, -0.25) is 14.3 Å². The van der Waals surface area contributed by atoms with E-state index in [0.29, 0.717) is 23.1 Å². The molecular weight excluding hydrogens is 395 g/mol. The van der Waals surface area contributed by atoms with E-state index in [9.17, 15) is 14.0 Å². The maximum absolute atomic E-state index is 14.6. The molecule has 31 heavy (non-hydrogen) atoms. The number of hydrogen-bond donors (Lipinski definition) is 1. The summed E-state index contributed by atoms with van der Waals surface area (Å²) in [5, 5.41) is 7.99. The maximum atomic E-state index is 14.6. The predicted octanol–water partition coefficient (Wildman–Crippen LogP) is 3.90. The van der Waals surface area contributed by atoms with Crippen LogP contribution in [0, 0.1) is 5.82 Å². The molecule has 1 fully saturated rings. The van der Waals surface area contributed by atoms with Gasteiger partial charge in [0.05, 0.1) is 11.7 Å². The number of rotatable bonds is 5. The van der Waals surface area contributed by atoms with Gasteiger partial charge in [-0.15, -0.1) is 0 Å². The van der Waals surface area contributed by atoms with Gasteiger partial charge in [0, 0.05) is 49.1 Å². The number of aryl methyl sites for hydroxylation is 1. The van der Waals surface area contributed by atoms with Crippen LogP contribution >= 0.6 is 0 Å². The van der Waals surface area contributed by atoms with E-state index in [1.807, 2.05) is 14.0 Å². The van der Waals surface area contributed by atoms with Crippen molar-refractivity contribution in [3.05, 3.63) is 54.0 Å². The Hall–Kier alpha value is -3.22. The molecule has 6 nitrogen and oxygen atoms in total. The number of halogens is 1. The predicted molar refractivity (Wildman–Crippen MR) is 118 cm³/mol. The van der Waals surface area contributed by atoms with Crippen molar-refractivity contribution in [2.75, 3.05) is 7.05 Å². The Balaban J connectivity index is 1.51. The zero-order valence-electron chi connectivity index (χ0n) is 18.1. The lowest BCUT2D eigenvalue weighted by Crippen LogP contribution is -2.38. The molecule has 0 spiro atoms. The number of aromatic nitrogens is 2. The molecule has 1 saturated carbocycles. The fourth-order valence-corrected chi connectivity index (χ4v) is 4.41. The molecule has 0 saturated heterocycles. The van der Waals surface area contributed by atoms with Crippen LogP contribution in [0.2, 0.25) is 0 Å². The van der Waals surface area contributed by atoms with Crippen LogP contribution in [-0.4, -0.2) is 45.6 Å². The van der Waals surface area contributed by atoms with E-state index in [0.717, 1.165) is 30.2 Å². The second-order valence-corrected chi connectivity index (χ2v) is 8.20. The Morgan fingerprint density at radius 1 is 1.19 bits per heavy atom. The van der Waals surface area contributed by atoms with Crippen LogP contribution in [0.5, 0.6) is 0 Å². The molecule has 3 aromatic rings. The summed E-state index contributed by atoms with van der Waals surface area (Å²) in [6, 6.07) is 10.4. The minimum Gasteiger partial charge on any atom is -0.353 e. The molecule has 2 atom stereocenters. The largest absolute Gasteiger partial charge is 0.353 e. The second-order valence-electron chi connectivity index (χ2n) is 8.20. The lowest BCUT2D eigenvalue weighted by molar-refractivity contribution is -0.121. The normalized spacial score (nSPS) is 18.3. The quantitative estimate of drug-likeness (QED) is 0.678. The molecule has 2 amide bonds. The zero-order valence-corrected chi connectivity index (χ0v) is 18.1. The fraction of sp³-hybridized carbons (Fsp3) is 0.375. The molecule has 0 radical (unpaired) electrons. The SMILES string of the molecule is CCC(=O)N[C@H]1CC[C@@H](N(C)C(=O)c2ccc(-c3c(F)ccc4c3cnn4C)cc2)C1. The number of nitrogens with one attached hydrogen (secondary N) is 1. The second kappa shape index (κ2) is 8.49. The van der Waals surface area contributed by atoms with E-state index in [1.54, 1.807) is 53.2 Å². The first kappa shape index (κ1) is 21.0. The van der Waals surface area contributed by atoms with Crippen molar-refractivity contribution in [3.8, 4) is 11.1 Å². The van der Waals surface area contributed by atoms with Gasteiger partial charge >= 0.3 is 0 Å². The van der Waals surface area contributed by atoms with E-state index in [-0.39, 0.29) is 29.7 Å². The van der Waals surface area contributed by atoms with Gasteiger partial charge in [-0.05, 0) is 49.1 Å². The number of hydrogen-bond acceptors (Lipinski definition) is 3. The van der Waals surface area contributed by atoms with Crippen molar-refractivity contribution in [2.45, 2.75) is 44.7 Å². The average molecular weight is 423 g/mol. The molecule has 1 heterocycles. The number of carbonyl (C=O) groups is 2. The van der Waals surface area contributed by atoms with Gasteiger partial charge in [-0.1, -0.05) is 19.1 Å². The van der Waals surface area contributed by atoms with Gasteiger partial charge in [-0.2, -0.15) is 5.10 Å². The van der Waals surface area contributed by atoms with Crippen LogP contribution in [0.15, 0.2) is 42.6 Å². The Bertz CT molecular complexity index is 1120. The summed E-state index contributed by atoms with van der Waals surface area (Å²) in [7, 11) is 3.63. The monoisotopic (exact) mass is 422 g/mol. The molecule has 2 aromatic carbocycles. The maximum Gasteiger partial charge on any atom is 0.253 e. The van der Waals surface area contributed by atoms with Crippen molar-refractivity contribution in [2.24, 2.45) is 7.05 Å². The van der Waals surface area contributed by atoms with Gasteiger partial charge in [0.2, 0.25) is 5.91 Å². The summed E-state index contributed by atoms with van der Waals surface area (Å²) in [6.07, 6.45) is 4.63. The van der Waals surface area contributed by atoms with Crippen LogP contribution in [0.4, 0.5) is 4.39 Å². The van der Waals surface area contributed by atoms with Crippen LogP contribution in [0.3, 0.4) is 0 Å². The Labute approximate surface area is 181 Å². The van der Waals surface area contributed by atoms with Crippen LogP contribution in [0.25, 0.3) is 22.0 Å². The van der Waals surface area contributed by atoms with Crippen molar-refractivity contribution < 1.29 is 14.0 Å². The summed E-state index contributed by atoms with van der Waals surface area (Å²) < 4.78 is 16.3. The van der Waals surface area contributed by atoms with Crippen LogP contribution in [0.1, 0.15) is 43.0 Å². The molecule has 0 aliphatic heterocycles. The molecule has 0 bridgehead atoms. The number of amides is 2. The zero-order chi connectivity index (χ0) is 22.1.